The van der Waals surface area contributed by atoms with Gasteiger partial charge < -0.3 is 9.64 Å². The fourth-order valence-electron chi connectivity index (χ4n) is 4.65. The maximum atomic E-state index is 12.2. The van der Waals surface area contributed by atoms with Crippen LogP contribution in [0.3, 0.4) is 0 Å². The SMILES string of the molecule is CN1c2ccc(OC(=O)Nc3ccccc3)cc2[C@]2(C)CC[N@@+](C)(O)[C@H]12. The number of likely N-dealkylation sites (N-methyl/N-ethyl adjacent to an activating group) is 2. The van der Waals surface area contributed by atoms with Gasteiger partial charge in [-0.25, -0.2) is 10.0 Å². The Morgan fingerprint density at radius 1 is 1.31 bits per heavy atom. The third-order valence-electron chi connectivity index (χ3n) is 5.74. The number of anilines is 2. The summed E-state index contributed by atoms with van der Waals surface area (Å²) >= 11 is 0. The Hall–Kier alpha value is -2.57. The number of benzene rings is 2. The van der Waals surface area contributed by atoms with Crippen LogP contribution < -0.4 is 15.0 Å². The van der Waals surface area contributed by atoms with Gasteiger partial charge in [0.2, 0.25) is 6.17 Å². The molecular weight excluding hydrogens is 330 g/mol. The Morgan fingerprint density at radius 2 is 2.04 bits per heavy atom. The smallest absolute Gasteiger partial charge is 0.410 e. The van der Waals surface area contributed by atoms with Gasteiger partial charge in [-0.1, -0.05) is 18.2 Å². The molecule has 0 aromatic heterocycles. The summed E-state index contributed by atoms with van der Waals surface area (Å²) in [5.74, 6) is 0.506. The van der Waals surface area contributed by atoms with E-state index in [9.17, 15) is 10.0 Å². The Bertz CT molecular complexity index is 853. The van der Waals surface area contributed by atoms with E-state index < -0.39 is 6.09 Å². The average Bonchev–Trinajstić information content (AvgIpc) is 2.98. The van der Waals surface area contributed by atoms with E-state index in [2.05, 4.69) is 17.1 Å². The van der Waals surface area contributed by atoms with E-state index in [0.717, 1.165) is 17.7 Å². The first kappa shape index (κ1) is 16.9. The molecule has 0 spiro atoms. The van der Waals surface area contributed by atoms with Crippen LogP contribution >= 0.6 is 0 Å². The number of ether oxygens (including phenoxy) is 1. The van der Waals surface area contributed by atoms with Crippen LogP contribution in [0.4, 0.5) is 16.2 Å². The number of nitrogens with one attached hydrogen (secondary N) is 1. The molecule has 2 heterocycles. The van der Waals surface area contributed by atoms with Gasteiger partial charge in [-0.2, -0.15) is 4.65 Å². The number of fused-ring (bicyclic) bond motifs is 3. The molecule has 26 heavy (non-hydrogen) atoms. The highest BCUT2D eigenvalue weighted by Gasteiger charge is 2.61. The lowest BCUT2D eigenvalue weighted by atomic mass is 9.81. The van der Waals surface area contributed by atoms with Gasteiger partial charge >= 0.3 is 6.09 Å². The molecule has 0 radical (unpaired) electrons. The van der Waals surface area contributed by atoms with Crippen molar-refractivity contribution < 1.29 is 19.4 Å². The minimum absolute atomic E-state index is 0.0215. The van der Waals surface area contributed by atoms with Gasteiger partial charge in [0.05, 0.1) is 5.41 Å². The number of hydroxylamine groups is 3. The van der Waals surface area contributed by atoms with Gasteiger partial charge in [0.15, 0.2) is 0 Å². The summed E-state index contributed by atoms with van der Waals surface area (Å²) in [5, 5.41) is 13.5. The number of rotatable bonds is 2. The molecule has 2 aromatic rings. The number of hydrogen-bond donors (Lipinski definition) is 2. The van der Waals surface area contributed by atoms with E-state index in [1.54, 1.807) is 6.07 Å². The van der Waals surface area contributed by atoms with Gasteiger partial charge in [0, 0.05) is 24.8 Å². The molecule has 6 nitrogen and oxygen atoms in total. The highest BCUT2D eigenvalue weighted by atomic mass is 16.6. The maximum absolute atomic E-state index is 12.2. The minimum atomic E-state index is -0.515. The second kappa shape index (κ2) is 5.72. The molecule has 4 rings (SSSR count). The lowest BCUT2D eigenvalue weighted by Crippen LogP contribution is -2.56. The van der Waals surface area contributed by atoms with Crippen molar-refractivity contribution in [2.45, 2.75) is 24.9 Å². The topological polar surface area (TPSA) is 61.8 Å². The van der Waals surface area contributed by atoms with Crippen LogP contribution in [0.2, 0.25) is 0 Å². The number of quaternary nitrogens is 1. The fraction of sp³-hybridized carbons (Fsp3) is 0.350. The van der Waals surface area contributed by atoms with Crippen molar-refractivity contribution in [2.24, 2.45) is 0 Å². The molecule has 136 valence electrons. The van der Waals surface area contributed by atoms with Crippen LogP contribution in [-0.4, -0.2) is 42.8 Å². The number of hydrogen-bond acceptors (Lipinski definition) is 4. The number of amides is 1. The molecule has 1 fully saturated rings. The molecule has 2 aliphatic rings. The van der Waals surface area contributed by atoms with Gasteiger partial charge in [0.25, 0.3) is 0 Å². The first-order chi connectivity index (χ1) is 12.3. The molecule has 0 unspecified atom stereocenters. The molecule has 0 bridgehead atoms. The lowest BCUT2D eigenvalue weighted by Gasteiger charge is -2.34. The first-order valence-corrected chi connectivity index (χ1v) is 8.80. The summed E-state index contributed by atoms with van der Waals surface area (Å²) in [6.45, 7) is 2.87. The molecule has 0 aliphatic carbocycles. The van der Waals surface area contributed by atoms with Crippen LogP contribution in [0.1, 0.15) is 18.9 Å². The highest BCUT2D eigenvalue weighted by molar-refractivity contribution is 5.86. The third-order valence-corrected chi connectivity index (χ3v) is 5.74. The van der Waals surface area contributed by atoms with Crippen molar-refractivity contribution in [1.29, 1.82) is 0 Å². The predicted octanol–water partition coefficient (Wildman–Crippen LogP) is 3.57. The molecule has 1 amide bonds. The summed E-state index contributed by atoms with van der Waals surface area (Å²) in [5.41, 5.74) is 2.70. The van der Waals surface area contributed by atoms with Crippen LogP contribution in [0, 0.1) is 0 Å². The molecule has 2 N–H and O–H groups in total. The fourth-order valence-corrected chi connectivity index (χ4v) is 4.65. The minimum Gasteiger partial charge on any atom is -0.410 e. The van der Waals surface area contributed by atoms with E-state index in [0.29, 0.717) is 18.0 Å². The van der Waals surface area contributed by atoms with E-state index in [1.807, 2.05) is 56.6 Å². The van der Waals surface area contributed by atoms with E-state index in [4.69, 9.17) is 4.74 Å². The van der Waals surface area contributed by atoms with Gasteiger partial charge in [0.1, 0.15) is 19.3 Å². The zero-order valence-electron chi connectivity index (χ0n) is 15.3. The van der Waals surface area contributed by atoms with Crippen molar-refractivity contribution >= 4 is 17.5 Å². The zero-order chi connectivity index (χ0) is 18.5. The van der Waals surface area contributed by atoms with Crippen molar-refractivity contribution in [2.75, 3.05) is 30.9 Å². The Morgan fingerprint density at radius 3 is 2.77 bits per heavy atom. The molecule has 0 saturated carbocycles. The van der Waals surface area contributed by atoms with E-state index in [1.165, 1.54) is 0 Å². The molecule has 2 aromatic carbocycles. The average molecular weight is 354 g/mol. The van der Waals surface area contributed by atoms with Gasteiger partial charge in [-0.15, -0.1) is 0 Å². The lowest BCUT2D eigenvalue weighted by molar-refractivity contribution is -1.10. The molecule has 3 atom stereocenters. The van der Waals surface area contributed by atoms with Crippen molar-refractivity contribution in [3.63, 3.8) is 0 Å². The van der Waals surface area contributed by atoms with E-state index >= 15 is 0 Å². The number of carbonyl (C=O) groups excluding carboxylic acids is 1. The normalized spacial score (nSPS) is 29.2. The predicted molar refractivity (Wildman–Crippen MR) is 99.5 cm³/mol. The van der Waals surface area contributed by atoms with Gasteiger partial charge in [-0.3, -0.25) is 5.32 Å². The summed E-state index contributed by atoms with van der Waals surface area (Å²) in [4.78, 5) is 14.3. The monoisotopic (exact) mass is 354 g/mol. The quantitative estimate of drug-likeness (QED) is 0.810. The number of para-hydroxylation sites is 1. The molecule has 6 heteroatoms. The summed E-state index contributed by atoms with van der Waals surface area (Å²) in [7, 11) is 3.86. The van der Waals surface area contributed by atoms with Crippen molar-refractivity contribution in [3.8, 4) is 5.75 Å². The van der Waals surface area contributed by atoms with Crippen LogP contribution in [-0.2, 0) is 5.41 Å². The first-order valence-electron chi connectivity index (χ1n) is 8.80. The van der Waals surface area contributed by atoms with Crippen molar-refractivity contribution in [1.82, 2.24) is 0 Å². The van der Waals surface area contributed by atoms with Crippen LogP contribution in [0.5, 0.6) is 5.75 Å². The van der Waals surface area contributed by atoms with Gasteiger partial charge in [-0.05, 0) is 42.8 Å². The van der Waals surface area contributed by atoms with Crippen molar-refractivity contribution in [3.05, 3.63) is 54.1 Å². The summed E-state index contributed by atoms with van der Waals surface area (Å²) in [6.07, 6.45) is 0.325. The Balaban J connectivity index is 1.58. The zero-order valence-corrected chi connectivity index (χ0v) is 15.3. The number of nitrogens with zero attached hydrogens (tertiary/aromatic N) is 2. The summed E-state index contributed by atoms with van der Waals surface area (Å²) < 4.78 is 5.47. The molecular formula is C20H24N3O3+. The second-order valence-corrected chi connectivity index (χ2v) is 7.65. The Labute approximate surface area is 153 Å². The summed E-state index contributed by atoms with van der Waals surface area (Å²) in [6, 6.07) is 14.9. The molecule has 1 saturated heterocycles. The maximum Gasteiger partial charge on any atom is 0.417 e. The number of carbonyl (C=O) groups is 1. The van der Waals surface area contributed by atoms with Crippen LogP contribution in [0.25, 0.3) is 0 Å². The highest BCUT2D eigenvalue weighted by Crippen LogP contribution is 2.53. The largest absolute Gasteiger partial charge is 0.417 e. The number of likely N-dealkylation sites (tertiary alicyclic amines) is 1. The second-order valence-electron chi connectivity index (χ2n) is 7.65. The third kappa shape index (κ3) is 2.53. The Kier molecular flexibility index (Phi) is 3.71. The molecule has 2 aliphatic heterocycles. The van der Waals surface area contributed by atoms with E-state index in [-0.39, 0.29) is 16.2 Å². The van der Waals surface area contributed by atoms with Crippen LogP contribution in [0.15, 0.2) is 48.5 Å². The standard InChI is InChI=1S/C20H23N3O3/c1-20-11-12-23(3,25)18(20)22(2)17-10-9-15(13-16(17)20)26-19(24)21-14-7-5-4-6-8-14/h4-10,13,18,25H,11-12H2,1-3H3/p+1/t18-,20-,23+/m0/s1.